The molecule has 1 aromatic heterocycles. The van der Waals surface area contributed by atoms with Crippen LogP contribution in [-0.2, 0) is 5.41 Å². The highest BCUT2D eigenvalue weighted by atomic mass is 16.5. The minimum absolute atomic E-state index is 0.111. The van der Waals surface area contributed by atoms with Gasteiger partial charge in [0, 0.05) is 18.0 Å². The van der Waals surface area contributed by atoms with E-state index in [4.69, 9.17) is 14.2 Å². The second-order valence-electron chi connectivity index (χ2n) is 8.55. The van der Waals surface area contributed by atoms with Crippen LogP contribution in [0, 0.1) is 0 Å². The molecule has 3 rings (SSSR count). The predicted molar refractivity (Wildman–Crippen MR) is 133 cm³/mol. The van der Waals surface area contributed by atoms with Crippen molar-refractivity contribution in [3.63, 3.8) is 0 Å². The first kappa shape index (κ1) is 24.8. The molecule has 0 bridgehead atoms. The van der Waals surface area contributed by atoms with Crippen LogP contribution in [-0.4, -0.2) is 36.9 Å². The quantitative estimate of drug-likeness (QED) is 0.261. The van der Waals surface area contributed by atoms with Gasteiger partial charge in [-0.3, -0.25) is 9.78 Å². The SMILES string of the molecule is CCOc1cc(/C=N/NC(=O)c2ccncc2)ccc1OCCOc1ccc(C(C)(C)C)cc1. The van der Waals surface area contributed by atoms with Crippen molar-refractivity contribution in [2.45, 2.75) is 33.1 Å². The zero-order valence-corrected chi connectivity index (χ0v) is 20.1. The van der Waals surface area contributed by atoms with Crippen LogP contribution in [0.2, 0.25) is 0 Å². The lowest BCUT2D eigenvalue weighted by atomic mass is 9.87. The summed E-state index contributed by atoms with van der Waals surface area (Å²) in [6, 6.07) is 16.8. The van der Waals surface area contributed by atoms with Crippen LogP contribution in [0.25, 0.3) is 0 Å². The van der Waals surface area contributed by atoms with E-state index in [1.165, 1.54) is 5.56 Å². The van der Waals surface area contributed by atoms with E-state index in [-0.39, 0.29) is 11.3 Å². The molecular formula is C27H31N3O4. The largest absolute Gasteiger partial charge is 0.490 e. The number of hydrogen-bond acceptors (Lipinski definition) is 6. The van der Waals surface area contributed by atoms with Crippen molar-refractivity contribution in [1.29, 1.82) is 0 Å². The van der Waals surface area contributed by atoms with Crippen LogP contribution in [0.5, 0.6) is 17.2 Å². The first-order valence-electron chi connectivity index (χ1n) is 11.2. The Labute approximate surface area is 200 Å². The van der Waals surface area contributed by atoms with E-state index in [0.29, 0.717) is 36.9 Å². The first-order chi connectivity index (χ1) is 16.4. The minimum Gasteiger partial charge on any atom is -0.490 e. The van der Waals surface area contributed by atoms with Crippen molar-refractivity contribution < 1.29 is 19.0 Å². The van der Waals surface area contributed by atoms with Crippen LogP contribution in [0.4, 0.5) is 0 Å². The van der Waals surface area contributed by atoms with E-state index in [2.05, 4.69) is 48.4 Å². The van der Waals surface area contributed by atoms with Gasteiger partial charge in [-0.2, -0.15) is 5.10 Å². The maximum atomic E-state index is 12.1. The molecule has 0 fully saturated rings. The minimum atomic E-state index is -0.309. The number of amides is 1. The Hall–Kier alpha value is -3.87. The van der Waals surface area contributed by atoms with Crippen molar-refractivity contribution in [2.75, 3.05) is 19.8 Å². The molecule has 1 N–H and O–H groups in total. The van der Waals surface area contributed by atoms with E-state index in [9.17, 15) is 4.79 Å². The van der Waals surface area contributed by atoms with Gasteiger partial charge in [0.15, 0.2) is 11.5 Å². The van der Waals surface area contributed by atoms with Gasteiger partial charge in [-0.05, 0) is 65.9 Å². The summed E-state index contributed by atoms with van der Waals surface area (Å²) < 4.78 is 17.4. The molecule has 0 aliphatic carbocycles. The van der Waals surface area contributed by atoms with Crippen molar-refractivity contribution >= 4 is 12.1 Å². The van der Waals surface area contributed by atoms with Gasteiger partial charge in [-0.15, -0.1) is 0 Å². The Morgan fingerprint density at radius 2 is 1.65 bits per heavy atom. The highest BCUT2D eigenvalue weighted by molar-refractivity contribution is 5.94. The number of carbonyl (C=O) groups is 1. The van der Waals surface area contributed by atoms with Crippen LogP contribution in [0.3, 0.4) is 0 Å². The van der Waals surface area contributed by atoms with Gasteiger partial charge in [-0.25, -0.2) is 5.43 Å². The Kier molecular flexibility index (Phi) is 8.62. The molecule has 0 atom stereocenters. The molecule has 0 saturated carbocycles. The second-order valence-corrected chi connectivity index (χ2v) is 8.55. The summed E-state index contributed by atoms with van der Waals surface area (Å²) >= 11 is 0. The summed E-state index contributed by atoms with van der Waals surface area (Å²) in [6.07, 6.45) is 4.66. The zero-order chi connectivity index (χ0) is 24.4. The second kappa shape index (κ2) is 11.8. The van der Waals surface area contributed by atoms with Crippen LogP contribution < -0.4 is 19.6 Å². The lowest BCUT2D eigenvalue weighted by molar-refractivity contribution is 0.0955. The number of hydrazone groups is 1. The Morgan fingerprint density at radius 1 is 0.941 bits per heavy atom. The maximum absolute atomic E-state index is 12.1. The lowest BCUT2D eigenvalue weighted by Crippen LogP contribution is -2.17. The van der Waals surface area contributed by atoms with Crippen LogP contribution in [0.15, 0.2) is 72.1 Å². The van der Waals surface area contributed by atoms with Crippen molar-refractivity contribution in [3.8, 4) is 17.2 Å². The molecule has 7 nitrogen and oxygen atoms in total. The topological polar surface area (TPSA) is 82.0 Å². The molecule has 178 valence electrons. The van der Waals surface area contributed by atoms with Gasteiger partial charge < -0.3 is 14.2 Å². The van der Waals surface area contributed by atoms with Gasteiger partial charge in [-0.1, -0.05) is 32.9 Å². The van der Waals surface area contributed by atoms with Crippen molar-refractivity contribution in [1.82, 2.24) is 10.4 Å². The number of ether oxygens (including phenoxy) is 3. The summed E-state index contributed by atoms with van der Waals surface area (Å²) in [5.74, 6) is 1.71. The van der Waals surface area contributed by atoms with Gasteiger partial charge >= 0.3 is 0 Å². The maximum Gasteiger partial charge on any atom is 0.271 e. The molecule has 2 aromatic carbocycles. The van der Waals surface area contributed by atoms with Gasteiger partial charge in [0.2, 0.25) is 0 Å². The molecule has 1 heterocycles. The summed E-state index contributed by atoms with van der Waals surface area (Å²) in [4.78, 5) is 16.0. The summed E-state index contributed by atoms with van der Waals surface area (Å²) in [7, 11) is 0. The van der Waals surface area contributed by atoms with Crippen molar-refractivity contribution in [2.24, 2.45) is 5.10 Å². The standard InChI is InChI=1S/C27H31N3O4/c1-5-32-25-18-20(19-29-30-26(31)21-12-14-28-15-13-21)6-11-24(25)34-17-16-33-23-9-7-22(8-10-23)27(2,3)4/h6-15,18-19H,5,16-17H2,1-4H3,(H,30,31)/b29-19+. The summed E-state index contributed by atoms with van der Waals surface area (Å²) in [5.41, 5.74) is 5.12. The molecule has 0 unspecified atom stereocenters. The Balaban J connectivity index is 1.53. The Bertz CT molecular complexity index is 1090. The third kappa shape index (κ3) is 7.33. The molecule has 0 aliphatic heterocycles. The molecule has 0 saturated heterocycles. The fourth-order valence-electron chi connectivity index (χ4n) is 3.09. The molecule has 0 radical (unpaired) electrons. The molecule has 34 heavy (non-hydrogen) atoms. The number of rotatable bonds is 10. The van der Waals surface area contributed by atoms with Gasteiger partial charge in [0.1, 0.15) is 19.0 Å². The number of pyridine rings is 1. The molecule has 1 amide bonds. The van der Waals surface area contributed by atoms with Crippen molar-refractivity contribution in [3.05, 3.63) is 83.7 Å². The van der Waals surface area contributed by atoms with Crippen LogP contribution in [0.1, 0.15) is 49.2 Å². The highest BCUT2D eigenvalue weighted by Gasteiger charge is 2.13. The van der Waals surface area contributed by atoms with Gasteiger partial charge in [0.05, 0.1) is 12.8 Å². The number of nitrogens with zero attached hydrogens (tertiary/aromatic N) is 2. The molecule has 3 aromatic rings. The van der Waals surface area contributed by atoms with Crippen LogP contribution >= 0.6 is 0 Å². The molecule has 0 aliphatic rings. The monoisotopic (exact) mass is 461 g/mol. The normalized spacial score (nSPS) is 11.3. The van der Waals surface area contributed by atoms with E-state index in [1.54, 1.807) is 30.7 Å². The average Bonchev–Trinajstić information content (AvgIpc) is 2.83. The predicted octanol–water partition coefficient (Wildman–Crippen LogP) is 5.00. The molecule has 7 heteroatoms. The van der Waals surface area contributed by atoms with E-state index >= 15 is 0 Å². The highest BCUT2D eigenvalue weighted by Crippen LogP contribution is 2.28. The summed E-state index contributed by atoms with van der Waals surface area (Å²) in [5, 5.41) is 4.02. The number of hydrogen-bond donors (Lipinski definition) is 1. The first-order valence-corrected chi connectivity index (χ1v) is 11.2. The average molecular weight is 462 g/mol. The van der Waals surface area contributed by atoms with E-state index < -0.39 is 0 Å². The number of nitrogens with one attached hydrogen (secondary N) is 1. The zero-order valence-electron chi connectivity index (χ0n) is 20.1. The number of carbonyl (C=O) groups excluding carboxylic acids is 1. The number of benzene rings is 2. The van der Waals surface area contributed by atoms with E-state index in [1.807, 2.05) is 37.3 Å². The van der Waals surface area contributed by atoms with E-state index in [0.717, 1.165) is 11.3 Å². The Morgan fingerprint density at radius 3 is 2.32 bits per heavy atom. The smallest absolute Gasteiger partial charge is 0.271 e. The third-order valence-corrected chi connectivity index (χ3v) is 4.92. The molecule has 0 spiro atoms. The third-order valence-electron chi connectivity index (χ3n) is 4.92. The fourth-order valence-corrected chi connectivity index (χ4v) is 3.09. The summed E-state index contributed by atoms with van der Waals surface area (Å²) in [6.45, 7) is 9.73. The molecular weight excluding hydrogens is 430 g/mol. The number of aromatic nitrogens is 1. The lowest BCUT2D eigenvalue weighted by Gasteiger charge is -2.19. The fraction of sp³-hybridized carbons (Fsp3) is 0.296. The van der Waals surface area contributed by atoms with Gasteiger partial charge in [0.25, 0.3) is 5.91 Å².